The first kappa shape index (κ1) is 22.0. The Bertz CT molecular complexity index is 830. The first-order chi connectivity index (χ1) is 14.4. The van der Waals surface area contributed by atoms with Gasteiger partial charge < -0.3 is 10.2 Å². The Labute approximate surface area is 179 Å². The summed E-state index contributed by atoms with van der Waals surface area (Å²) in [6.07, 6.45) is 0. The number of carbonyl (C=O) groups excluding carboxylic acids is 2. The van der Waals surface area contributed by atoms with Gasteiger partial charge in [0.2, 0.25) is 11.8 Å². The number of hydrogen-bond donors (Lipinski definition) is 1. The predicted octanol–water partition coefficient (Wildman–Crippen LogP) is 2.60. The average molecular weight is 409 g/mol. The van der Waals surface area contributed by atoms with Crippen LogP contribution in [0.25, 0.3) is 0 Å². The fraction of sp³-hybridized carbons (Fsp3) is 0.417. The number of aryl methyl sites for hydroxylation is 1. The van der Waals surface area contributed by atoms with E-state index in [0.717, 1.165) is 37.4 Å². The van der Waals surface area contributed by atoms with E-state index in [4.69, 9.17) is 0 Å². The zero-order valence-corrected chi connectivity index (χ0v) is 18.2. The van der Waals surface area contributed by atoms with Gasteiger partial charge >= 0.3 is 0 Å². The summed E-state index contributed by atoms with van der Waals surface area (Å²) in [7, 11) is 1.86. The van der Waals surface area contributed by atoms with Crippen LogP contribution in [-0.4, -0.2) is 72.3 Å². The minimum Gasteiger partial charge on any atom is -0.340 e. The Balaban J connectivity index is 1.43. The number of benzene rings is 2. The molecule has 1 N–H and O–H groups in total. The van der Waals surface area contributed by atoms with Crippen molar-refractivity contribution in [2.45, 2.75) is 26.4 Å². The van der Waals surface area contributed by atoms with Gasteiger partial charge in [-0.25, -0.2) is 0 Å². The molecule has 2 aromatic rings. The standard InChI is InChI=1S/C24H32N4O2/c1-19-9-11-22(12-10-19)25-23(29)18-27-13-15-28(16-14-27)20(2)24(30)26(3)17-21-7-5-4-6-8-21/h4-12,20H,13-18H2,1-3H3,(H,25,29). The summed E-state index contributed by atoms with van der Waals surface area (Å²) in [4.78, 5) is 31.3. The highest BCUT2D eigenvalue weighted by Gasteiger charge is 2.28. The molecule has 1 fully saturated rings. The van der Waals surface area contributed by atoms with E-state index >= 15 is 0 Å². The van der Waals surface area contributed by atoms with E-state index in [-0.39, 0.29) is 17.9 Å². The molecule has 1 saturated heterocycles. The number of likely N-dealkylation sites (N-methyl/N-ethyl adjacent to an activating group) is 1. The van der Waals surface area contributed by atoms with E-state index < -0.39 is 0 Å². The Morgan fingerprint density at radius 2 is 1.63 bits per heavy atom. The Morgan fingerprint density at radius 3 is 2.27 bits per heavy atom. The van der Waals surface area contributed by atoms with Crippen molar-refractivity contribution in [3.05, 3.63) is 65.7 Å². The number of piperazine rings is 1. The van der Waals surface area contributed by atoms with Crippen LogP contribution in [0.2, 0.25) is 0 Å². The zero-order valence-electron chi connectivity index (χ0n) is 18.2. The molecule has 0 bridgehead atoms. The van der Waals surface area contributed by atoms with Crippen LogP contribution in [-0.2, 0) is 16.1 Å². The number of carbonyl (C=O) groups is 2. The molecular weight excluding hydrogens is 376 g/mol. The highest BCUT2D eigenvalue weighted by atomic mass is 16.2. The Morgan fingerprint density at radius 1 is 1.00 bits per heavy atom. The summed E-state index contributed by atoms with van der Waals surface area (Å²) in [5.74, 6) is 0.128. The second kappa shape index (κ2) is 10.4. The second-order valence-corrected chi connectivity index (χ2v) is 8.08. The largest absolute Gasteiger partial charge is 0.340 e. The molecule has 0 radical (unpaired) electrons. The number of nitrogens with zero attached hydrogens (tertiary/aromatic N) is 3. The van der Waals surface area contributed by atoms with Crippen LogP contribution in [0, 0.1) is 6.92 Å². The van der Waals surface area contributed by atoms with Gasteiger partial charge in [0.15, 0.2) is 0 Å². The van der Waals surface area contributed by atoms with E-state index in [9.17, 15) is 9.59 Å². The minimum atomic E-state index is -0.165. The molecule has 1 heterocycles. The molecule has 6 nitrogen and oxygen atoms in total. The van der Waals surface area contributed by atoms with Gasteiger partial charge in [0, 0.05) is 45.5 Å². The van der Waals surface area contributed by atoms with E-state index in [1.54, 1.807) is 4.90 Å². The van der Waals surface area contributed by atoms with E-state index in [1.165, 1.54) is 5.56 Å². The topological polar surface area (TPSA) is 55.9 Å². The lowest BCUT2D eigenvalue weighted by molar-refractivity contribution is -0.136. The predicted molar refractivity (Wildman–Crippen MR) is 120 cm³/mol. The quantitative estimate of drug-likeness (QED) is 0.765. The SMILES string of the molecule is Cc1ccc(NC(=O)CN2CCN(C(C)C(=O)N(C)Cc3ccccc3)CC2)cc1. The first-order valence-corrected chi connectivity index (χ1v) is 10.5. The van der Waals surface area contributed by atoms with Crippen LogP contribution in [0.4, 0.5) is 5.69 Å². The molecule has 0 aromatic heterocycles. The second-order valence-electron chi connectivity index (χ2n) is 8.08. The van der Waals surface area contributed by atoms with Gasteiger partial charge in [-0.15, -0.1) is 0 Å². The lowest BCUT2D eigenvalue weighted by Crippen LogP contribution is -2.54. The molecular formula is C24H32N4O2. The third-order valence-electron chi connectivity index (χ3n) is 5.65. The summed E-state index contributed by atoms with van der Waals surface area (Å²) in [5, 5.41) is 2.95. The maximum Gasteiger partial charge on any atom is 0.239 e. The highest BCUT2D eigenvalue weighted by molar-refractivity contribution is 5.92. The number of amides is 2. The molecule has 2 amide bonds. The zero-order chi connectivity index (χ0) is 21.5. The smallest absolute Gasteiger partial charge is 0.239 e. The first-order valence-electron chi connectivity index (χ1n) is 10.5. The molecule has 30 heavy (non-hydrogen) atoms. The molecule has 6 heteroatoms. The van der Waals surface area contributed by atoms with Crippen LogP contribution in [0.1, 0.15) is 18.1 Å². The van der Waals surface area contributed by atoms with Crippen LogP contribution >= 0.6 is 0 Å². The molecule has 2 aromatic carbocycles. The fourth-order valence-corrected chi connectivity index (χ4v) is 3.76. The molecule has 0 saturated carbocycles. The normalized spacial score (nSPS) is 16.1. The van der Waals surface area contributed by atoms with Gasteiger partial charge in [0.25, 0.3) is 0 Å². The van der Waals surface area contributed by atoms with Gasteiger partial charge in [-0.05, 0) is 31.5 Å². The van der Waals surface area contributed by atoms with Crippen molar-refractivity contribution >= 4 is 17.5 Å². The van der Waals surface area contributed by atoms with Crippen molar-refractivity contribution in [1.29, 1.82) is 0 Å². The number of nitrogens with one attached hydrogen (secondary N) is 1. The van der Waals surface area contributed by atoms with Crippen LogP contribution < -0.4 is 5.32 Å². The highest BCUT2D eigenvalue weighted by Crippen LogP contribution is 2.12. The Hall–Kier alpha value is -2.70. The molecule has 0 spiro atoms. The molecule has 1 aliphatic heterocycles. The van der Waals surface area contributed by atoms with Crippen molar-refractivity contribution in [3.8, 4) is 0 Å². The minimum absolute atomic E-state index is 0.000905. The van der Waals surface area contributed by atoms with Crippen molar-refractivity contribution in [3.63, 3.8) is 0 Å². The monoisotopic (exact) mass is 408 g/mol. The van der Waals surface area contributed by atoms with Gasteiger partial charge in [-0.3, -0.25) is 19.4 Å². The lowest BCUT2D eigenvalue weighted by atomic mass is 10.1. The van der Waals surface area contributed by atoms with Crippen molar-refractivity contribution in [2.24, 2.45) is 0 Å². The van der Waals surface area contributed by atoms with Gasteiger partial charge in [0.05, 0.1) is 12.6 Å². The van der Waals surface area contributed by atoms with Crippen LogP contribution in [0.5, 0.6) is 0 Å². The number of hydrogen-bond acceptors (Lipinski definition) is 4. The third kappa shape index (κ3) is 6.15. The summed E-state index contributed by atoms with van der Waals surface area (Å²) in [6.45, 7) is 8.11. The molecule has 0 aliphatic carbocycles. The average Bonchev–Trinajstić information content (AvgIpc) is 2.75. The molecule has 1 unspecified atom stereocenters. The van der Waals surface area contributed by atoms with Gasteiger partial charge in [0.1, 0.15) is 0 Å². The van der Waals surface area contributed by atoms with Gasteiger partial charge in [-0.1, -0.05) is 48.0 Å². The third-order valence-corrected chi connectivity index (χ3v) is 5.65. The molecule has 1 aliphatic rings. The van der Waals surface area contributed by atoms with Gasteiger partial charge in [-0.2, -0.15) is 0 Å². The maximum absolute atomic E-state index is 12.8. The maximum atomic E-state index is 12.8. The molecule has 160 valence electrons. The Kier molecular flexibility index (Phi) is 7.60. The summed E-state index contributed by atoms with van der Waals surface area (Å²) >= 11 is 0. The summed E-state index contributed by atoms with van der Waals surface area (Å²) in [5.41, 5.74) is 3.12. The van der Waals surface area contributed by atoms with E-state index in [0.29, 0.717) is 13.1 Å². The lowest BCUT2D eigenvalue weighted by Gasteiger charge is -2.38. The number of anilines is 1. The van der Waals surface area contributed by atoms with Crippen molar-refractivity contribution in [2.75, 3.05) is 45.1 Å². The summed E-state index contributed by atoms with van der Waals surface area (Å²) < 4.78 is 0. The summed E-state index contributed by atoms with van der Waals surface area (Å²) in [6, 6.07) is 17.7. The fourth-order valence-electron chi connectivity index (χ4n) is 3.76. The molecule has 3 rings (SSSR count). The van der Waals surface area contributed by atoms with Crippen LogP contribution in [0.3, 0.4) is 0 Å². The van der Waals surface area contributed by atoms with Crippen LogP contribution in [0.15, 0.2) is 54.6 Å². The van der Waals surface area contributed by atoms with E-state index in [1.807, 2.05) is 75.5 Å². The van der Waals surface area contributed by atoms with Crippen molar-refractivity contribution < 1.29 is 9.59 Å². The van der Waals surface area contributed by atoms with Crippen molar-refractivity contribution in [1.82, 2.24) is 14.7 Å². The number of rotatable bonds is 7. The van der Waals surface area contributed by atoms with E-state index in [2.05, 4.69) is 15.1 Å². The molecule has 1 atom stereocenters.